The van der Waals surface area contributed by atoms with Gasteiger partial charge in [-0.05, 0) is 76.9 Å². The standard InChI is InChI=1S/C55H82N2/c1-4-7-10-13-15-17-19-21-24-27-54(49-37-41-51(56)42-38-49)47-33-29-45(30-34-47)53(26-23-12-9-6-3)46-31-35-48(36-32-46)55(50-39-43-52(57)44-40-50)28-25-22-20-18-16-14-11-8-5-2/h29-44,53-55H,4-28,56-57H2,1-3H3. The Balaban J connectivity index is 1.47. The van der Waals surface area contributed by atoms with Gasteiger partial charge < -0.3 is 11.5 Å². The van der Waals surface area contributed by atoms with Crippen LogP contribution < -0.4 is 11.5 Å². The van der Waals surface area contributed by atoms with Crippen LogP contribution in [0.25, 0.3) is 0 Å². The van der Waals surface area contributed by atoms with E-state index in [4.69, 9.17) is 11.5 Å². The molecule has 0 bridgehead atoms. The predicted octanol–water partition coefficient (Wildman–Crippen LogP) is 17.1. The average Bonchev–Trinajstić information content (AvgIpc) is 3.24. The van der Waals surface area contributed by atoms with Crippen molar-refractivity contribution >= 4 is 11.4 Å². The molecule has 2 atom stereocenters. The fraction of sp³-hybridized carbons (Fsp3) is 0.564. The zero-order valence-corrected chi connectivity index (χ0v) is 36.8. The van der Waals surface area contributed by atoms with Crippen LogP contribution in [0.3, 0.4) is 0 Å². The number of unbranched alkanes of at least 4 members (excludes halogenated alkanes) is 19. The molecule has 4 aromatic rings. The van der Waals surface area contributed by atoms with E-state index in [0.29, 0.717) is 17.8 Å². The number of benzene rings is 4. The number of nitrogens with two attached hydrogens (primary N) is 2. The lowest BCUT2D eigenvalue weighted by atomic mass is 9.81. The van der Waals surface area contributed by atoms with Crippen molar-refractivity contribution in [3.8, 4) is 0 Å². The van der Waals surface area contributed by atoms with E-state index in [-0.39, 0.29) is 0 Å². The molecule has 4 rings (SSSR count). The van der Waals surface area contributed by atoms with Crippen molar-refractivity contribution in [2.75, 3.05) is 11.5 Å². The molecule has 2 heteroatoms. The van der Waals surface area contributed by atoms with Gasteiger partial charge in [0.25, 0.3) is 0 Å². The van der Waals surface area contributed by atoms with Crippen molar-refractivity contribution in [2.45, 2.75) is 199 Å². The minimum atomic E-state index is 0.405. The summed E-state index contributed by atoms with van der Waals surface area (Å²) < 4.78 is 0. The summed E-state index contributed by atoms with van der Waals surface area (Å²) in [6, 6.07) is 36.9. The van der Waals surface area contributed by atoms with E-state index in [9.17, 15) is 0 Å². The van der Waals surface area contributed by atoms with Gasteiger partial charge in [0.2, 0.25) is 0 Å². The fourth-order valence-electron chi connectivity index (χ4n) is 9.05. The third kappa shape index (κ3) is 17.1. The molecule has 0 aliphatic heterocycles. The molecule has 57 heavy (non-hydrogen) atoms. The summed E-state index contributed by atoms with van der Waals surface area (Å²) in [5, 5.41) is 0. The van der Waals surface area contributed by atoms with Gasteiger partial charge in [-0.2, -0.15) is 0 Å². The summed E-state index contributed by atoms with van der Waals surface area (Å²) in [5.41, 5.74) is 22.5. The monoisotopic (exact) mass is 771 g/mol. The van der Waals surface area contributed by atoms with Crippen LogP contribution in [0.1, 0.15) is 232 Å². The Morgan fingerprint density at radius 3 is 0.667 bits per heavy atom. The second-order valence-electron chi connectivity index (χ2n) is 17.4. The Morgan fingerprint density at radius 1 is 0.263 bits per heavy atom. The number of hydrogen-bond acceptors (Lipinski definition) is 2. The van der Waals surface area contributed by atoms with Crippen LogP contribution in [0.5, 0.6) is 0 Å². The van der Waals surface area contributed by atoms with Crippen molar-refractivity contribution < 1.29 is 0 Å². The van der Waals surface area contributed by atoms with Gasteiger partial charge in [0.15, 0.2) is 0 Å². The van der Waals surface area contributed by atoms with E-state index in [1.54, 1.807) is 0 Å². The quantitative estimate of drug-likeness (QED) is 0.0395. The highest BCUT2D eigenvalue weighted by Crippen LogP contribution is 2.37. The third-order valence-electron chi connectivity index (χ3n) is 12.7. The first-order chi connectivity index (χ1) is 28.0. The summed E-state index contributed by atoms with van der Waals surface area (Å²) in [6.07, 6.45) is 33.2. The van der Waals surface area contributed by atoms with Crippen molar-refractivity contribution in [3.63, 3.8) is 0 Å². The summed E-state index contributed by atoms with van der Waals surface area (Å²) >= 11 is 0. The van der Waals surface area contributed by atoms with E-state index in [2.05, 4.69) is 118 Å². The van der Waals surface area contributed by atoms with Crippen molar-refractivity contribution in [1.29, 1.82) is 0 Å². The topological polar surface area (TPSA) is 52.0 Å². The van der Waals surface area contributed by atoms with Crippen molar-refractivity contribution in [1.82, 2.24) is 0 Å². The Bertz CT molecular complexity index is 1440. The Hall–Kier alpha value is -3.52. The van der Waals surface area contributed by atoms with Crippen LogP contribution in [-0.2, 0) is 0 Å². The number of anilines is 2. The summed E-state index contributed by atoms with van der Waals surface area (Å²) in [6.45, 7) is 6.91. The second-order valence-corrected chi connectivity index (χ2v) is 17.4. The Morgan fingerprint density at radius 2 is 0.439 bits per heavy atom. The summed E-state index contributed by atoms with van der Waals surface area (Å²) in [7, 11) is 0. The SMILES string of the molecule is CCCCCCCCCCCC(c1ccc(N)cc1)c1ccc(C(CCCCCC)c2ccc(C(CCCCCCCCCCC)c3ccc(N)cc3)cc2)cc1. The molecule has 0 heterocycles. The zero-order chi connectivity index (χ0) is 40.3. The van der Waals surface area contributed by atoms with Gasteiger partial charge in [-0.3, -0.25) is 0 Å². The van der Waals surface area contributed by atoms with Gasteiger partial charge in [0.1, 0.15) is 0 Å². The summed E-state index contributed by atoms with van der Waals surface area (Å²) in [4.78, 5) is 0. The van der Waals surface area contributed by atoms with Crippen molar-refractivity contribution in [3.05, 3.63) is 130 Å². The molecule has 0 amide bonds. The van der Waals surface area contributed by atoms with E-state index >= 15 is 0 Å². The number of rotatable bonds is 31. The lowest BCUT2D eigenvalue weighted by Gasteiger charge is -2.23. The first-order valence-electron chi connectivity index (χ1n) is 23.9. The highest BCUT2D eigenvalue weighted by molar-refractivity contribution is 5.45. The molecular formula is C55H82N2. The van der Waals surface area contributed by atoms with Gasteiger partial charge in [0, 0.05) is 29.1 Å². The molecular weight excluding hydrogens is 689 g/mol. The average molecular weight is 771 g/mol. The maximum atomic E-state index is 6.14. The fourth-order valence-corrected chi connectivity index (χ4v) is 9.05. The first kappa shape index (κ1) is 46.2. The molecule has 2 nitrogen and oxygen atoms in total. The van der Waals surface area contributed by atoms with Crippen LogP contribution >= 0.6 is 0 Å². The summed E-state index contributed by atoms with van der Waals surface area (Å²) in [5.74, 6) is 1.22. The Kier molecular flexibility index (Phi) is 22.7. The lowest BCUT2D eigenvalue weighted by Crippen LogP contribution is -2.06. The minimum Gasteiger partial charge on any atom is -0.399 e. The van der Waals surface area contributed by atoms with Crippen LogP contribution in [-0.4, -0.2) is 0 Å². The maximum Gasteiger partial charge on any atom is 0.0314 e. The molecule has 0 aliphatic rings. The van der Waals surface area contributed by atoms with Gasteiger partial charge >= 0.3 is 0 Å². The first-order valence-corrected chi connectivity index (χ1v) is 23.9. The van der Waals surface area contributed by atoms with E-state index in [1.807, 2.05) is 0 Å². The van der Waals surface area contributed by atoms with Crippen molar-refractivity contribution in [2.24, 2.45) is 0 Å². The third-order valence-corrected chi connectivity index (χ3v) is 12.7. The molecule has 0 aromatic heterocycles. The number of nitrogen functional groups attached to an aromatic ring is 2. The molecule has 4 N–H and O–H groups in total. The van der Waals surface area contributed by atoms with E-state index < -0.39 is 0 Å². The highest BCUT2D eigenvalue weighted by atomic mass is 14.5. The molecule has 0 saturated carbocycles. The van der Waals surface area contributed by atoms with Gasteiger partial charge in [-0.15, -0.1) is 0 Å². The van der Waals surface area contributed by atoms with Gasteiger partial charge in [0.05, 0.1) is 0 Å². The highest BCUT2D eigenvalue weighted by Gasteiger charge is 2.20. The molecule has 0 fully saturated rings. The largest absolute Gasteiger partial charge is 0.399 e. The molecule has 0 spiro atoms. The van der Waals surface area contributed by atoms with Gasteiger partial charge in [-0.1, -0.05) is 235 Å². The van der Waals surface area contributed by atoms with Crippen LogP contribution in [0.15, 0.2) is 97.1 Å². The number of hydrogen-bond donors (Lipinski definition) is 2. The minimum absolute atomic E-state index is 0.405. The van der Waals surface area contributed by atoms with Gasteiger partial charge in [-0.25, -0.2) is 0 Å². The molecule has 0 radical (unpaired) electrons. The zero-order valence-electron chi connectivity index (χ0n) is 36.8. The lowest BCUT2D eigenvalue weighted by molar-refractivity contribution is 0.545. The molecule has 0 saturated heterocycles. The molecule has 4 aromatic carbocycles. The Labute approximate surface area is 351 Å². The molecule has 0 aliphatic carbocycles. The second kappa shape index (κ2) is 28.0. The van der Waals surface area contributed by atoms with E-state index in [1.165, 1.54) is 194 Å². The van der Waals surface area contributed by atoms with Crippen LogP contribution in [0, 0.1) is 0 Å². The molecule has 312 valence electrons. The normalized spacial score (nSPS) is 13.1. The molecule has 2 unspecified atom stereocenters. The smallest absolute Gasteiger partial charge is 0.0314 e. The van der Waals surface area contributed by atoms with Crippen LogP contribution in [0.4, 0.5) is 11.4 Å². The predicted molar refractivity (Wildman–Crippen MR) is 253 cm³/mol. The van der Waals surface area contributed by atoms with Crippen LogP contribution in [0.2, 0.25) is 0 Å². The maximum absolute atomic E-state index is 6.14. The van der Waals surface area contributed by atoms with E-state index in [0.717, 1.165) is 11.4 Å².